The molecule has 92 valence electrons. The van der Waals surface area contributed by atoms with Crippen LogP contribution in [0.1, 0.15) is 24.5 Å². The molecule has 1 aromatic rings. The Hall–Kier alpha value is -2.18. The minimum absolute atomic E-state index is 0.0616. The maximum absolute atomic E-state index is 11.3. The van der Waals surface area contributed by atoms with Crippen molar-refractivity contribution < 1.29 is 14.3 Å². The molecular formula is C10H14N4O3. The van der Waals surface area contributed by atoms with E-state index in [1.807, 2.05) is 0 Å². The molecule has 0 fully saturated rings. The Morgan fingerprint density at radius 2 is 2.29 bits per heavy atom. The van der Waals surface area contributed by atoms with E-state index < -0.39 is 17.9 Å². The van der Waals surface area contributed by atoms with E-state index in [2.05, 4.69) is 15.3 Å². The highest BCUT2D eigenvalue weighted by Crippen LogP contribution is 2.04. The van der Waals surface area contributed by atoms with Gasteiger partial charge < -0.3 is 15.8 Å². The zero-order valence-electron chi connectivity index (χ0n) is 9.64. The number of aromatic nitrogens is 2. The van der Waals surface area contributed by atoms with Crippen molar-refractivity contribution in [2.45, 2.75) is 19.9 Å². The van der Waals surface area contributed by atoms with E-state index in [0.29, 0.717) is 5.82 Å². The first-order valence-electron chi connectivity index (χ1n) is 5.10. The number of nitrogens with zero attached hydrogens (tertiary/aromatic N) is 2. The lowest BCUT2D eigenvalue weighted by Gasteiger charge is -2.10. The van der Waals surface area contributed by atoms with Crippen LogP contribution in [0.25, 0.3) is 0 Å². The monoisotopic (exact) mass is 238 g/mol. The van der Waals surface area contributed by atoms with Gasteiger partial charge in [-0.15, -0.1) is 0 Å². The Balaban J connectivity index is 2.79. The third-order valence-electron chi connectivity index (χ3n) is 1.90. The highest BCUT2D eigenvalue weighted by atomic mass is 16.5. The summed E-state index contributed by atoms with van der Waals surface area (Å²) in [4.78, 5) is 29.9. The topological polar surface area (TPSA) is 107 Å². The average Bonchev–Trinajstić information content (AvgIpc) is 2.29. The maximum atomic E-state index is 11.3. The molecule has 17 heavy (non-hydrogen) atoms. The SMILES string of the molecule is CCOC(=O)c1nccc(N[C@H](C)C(N)=O)n1. The molecule has 1 rings (SSSR count). The standard InChI is InChI=1S/C10H14N4O3/c1-3-17-10(16)9-12-5-4-7(14-9)13-6(2)8(11)15/h4-6H,3H2,1-2H3,(H2,11,15)(H,12,13,14)/t6-/m1/s1. The number of esters is 1. The Morgan fingerprint density at radius 1 is 1.59 bits per heavy atom. The summed E-state index contributed by atoms with van der Waals surface area (Å²) in [6, 6.07) is 0.947. The Bertz CT molecular complexity index is 422. The van der Waals surface area contributed by atoms with Crippen LogP contribution in [0.2, 0.25) is 0 Å². The molecule has 0 unspecified atom stereocenters. The molecule has 3 N–H and O–H groups in total. The fourth-order valence-electron chi connectivity index (χ4n) is 1.03. The molecule has 0 aliphatic heterocycles. The van der Waals surface area contributed by atoms with E-state index in [-0.39, 0.29) is 12.4 Å². The number of amides is 1. The van der Waals surface area contributed by atoms with Crippen LogP contribution in [0.5, 0.6) is 0 Å². The van der Waals surface area contributed by atoms with Crippen LogP contribution in [-0.4, -0.2) is 34.5 Å². The average molecular weight is 238 g/mol. The number of carbonyl (C=O) groups is 2. The predicted octanol–water partition coefficient (Wildman–Crippen LogP) is -0.0610. The molecule has 1 atom stereocenters. The van der Waals surface area contributed by atoms with Crippen molar-refractivity contribution in [3.63, 3.8) is 0 Å². The van der Waals surface area contributed by atoms with Crippen molar-refractivity contribution in [2.24, 2.45) is 5.73 Å². The zero-order chi connectivity index (χ0) is 12.8. The lowest BCUT2D eigenvalue weighted by atomic mass is 10.3. The molecule has 0 radical (unpaired) electrons. The number of hydrogen-bond acceptors (Lipinski definition) is 6. The number of nitrogens with one attached hydrogen (secondary N) is 1. The van der Waals surface area contributed by atoms with Gasteiger partial charge in [-0.2, -0.15) is 0 Å². The van der Waals surface area contributed by atoms with Crippen LogP contribution >= 0.6 is 0 Å². The van der Waals surface area contributed by atoms with E-state index in [1.165, 1.54) is 12.3 Å². The highest BCUT2D eigenvalue weighted by molar-refractivity contribution is 5.86. The van der Waals surface area contributed by atoms with Gasteiger partial charge in [0.2, 0.25) is 11.7 Å². The second-order valence-electron chi connectivity index (χ2n) is 3.25. The summed E-state index contributed by atoms with van der Waals surface area (Å²) in [7, 11) is 0. The van der Waals surface area contributed by atoms with Gasteiger partial charge in [-0.05, 0) is 19.9 Å². The third-order valence-corrected chi connectivity index (χ3v) is 1.90. The summed E-state index contributed by atoms with van der Waals surface area (Å²) in [6.45, 7) is 3.53. The quantitative estimate of drug-likeness (QED) is 0.696. The van der Waals surface area contributed by atoms with E-state index >= 15 is 0 Å². The number of nitrogens with two attached hydrogens (primary N) is 1. The Labute approximate surface area is 98.4 Å². The number of hydrogen-bond donors (Lipinski definition) is 2. The molecule has 0 aromatic carbocycles. The van der Waals surface area contributed by atoms with Crippen molar-refractivity contribution in [1.29, 1.82) is 0 Å². The van der Waals surface area contributed by atoms with Gasteiger partial charge in [-0.25, -0.2) is 14.8 Å². The molecule has 1 amide bonds. The van der Waals surface area contributed by atoms with Crippen molar-refractivity contribution in [2.75, 3.05) is 11.9 Å². The van der Waals surface area contributed by atoms with Gasteiger partial charge >= 0.3 is 5.97 Å². The molecular weight excluding hydrogens is 224 g/mol. The minimum Gasteiger partial charge on any atom is -0.460 e. The van der Waals surface area contributed by atoms with E-state index in [4.69, 9.17) is 10.5 Å². The number of primary amides is 1. The molecule has 0 saturated carbocycles. The van der Waals surface area contributed by atoms with Crippen molar-refractivity contribution in [3.05, 3.63) is 18.1 Å². The van der Waals surface area contributed by atoms with E-state index in [9.17, 15) is 9.59 Å². The number of rotatable bonds is 5. The van der Waals surface area contributed by atoms with E-state index in [1.54, 1.807) is 13.8 Å². The van der Waals surface area contributed by atoms with Gasteiger partial charge in [0.1, 0.15) is 11.9 Å². The van der Waals surface area contributed by atoms with Crippen LogP contribution in [0.15, 0.2) is 12.3 Å². The molecule has 7 nitrogen and oxygen atoms in total. The summed E-state index contributed by atoms with van der Waals surface area (Å²) in [5.41, 5.74) is 5.09. The van der Waals surface area contributed by atoms with Gasteiger partial charge in [0.05, 0.1) is 6.61 Å². The Morgan fingerprint density at radius 3 is 2.88 bits per heavy atom. The molecule has 1 aromatic heterocycles. The van der Waals surface area contributed by atoms with Crippen LogP contribution < -0.4 is 11.1 Å². The lowest BCUT2D eigenvalue weighted by molar-refractivity contribution is -0.118. The summed E-state index contributed by atoms with van der Waals surface area (Å²) in [5.74, 6) is -0.841. The molecule has 0 aliphatic rings. The number of carbonyl (C=O) groups excluding carboxylic acids is 2. The van der Waals surface area contributed by atoms with Gasteiger partial charge in [-0.1, -0.05) is 0 Å². The first-order chi connectivity index (χ1) is 8.04. The third kappa shape index (κ3) is 3.71. The molecule has 0 saturated heterocycles. The molecule has 1 heterocycles. The van der Waals surface area contributed by atoms with Crippen molar-refractivity contribution in [1.82, 2.24) is 9.97 Å². The summed E-state index contributed by atoms with van der Waals surface area (Å²) < 4.78 is 4.75. The first kappa shape index (κ1) is 12.9. The number of ether oxygens (including phenoxy) is 1. The summed E-state index contributed by atoms with van der Waals surface area (Å²) >= 11 is 0. The van der Waals surface area contributed by atoms with Crippen LogP contribution in [-0.2, 0) is 9.53 Å². The van der Waals surface area contributed by atoms with Crippen LogP contribution in [0, 0.1) is 0 Å². The fraction of sp³-hybridized carbons (Fsp3) is 0.400. The van der Waals surface area contributed by atoms with Gasteiger partial charge in [0, 0.05) is 6.20 Å². The second-order valence-corrected chi connectivity index (χ2v) is 3.25. The summed E-state index contributed by atoms with van der Waals surface area (Å²) in [5, 5.41) is 2.75. The minimum atomic E-state index is -0.608. The molecule has 0 aliphatic carbocycles. The summed E-state index contributed by atoms with van der Waals surface area (Å²) in [6.07, 6.45) is 1.40. The van der Waals surface area contributed by atoms with E-state index in [0.717, 1.165) is 0 Å². The second kappa shape index (κ2) is 5.78. The maximum Gasteiger partial charge on any atom is 0.376 e. The zero-order valence-corrected chi connectivity index (χ0v) is 9.64. The molecule has 0 spiro atoms. The van der Waals surface area contributed by atoms with Crippen LogP contribution in [0.4, 0.5) is 5.82 Å². The Kier molecular flexibility index (Phi) is 4.38. The molecule has 7 heteroatoms. The van der Waals surface area contributed by atoms with Crippen LogP contribution in [0.3, 0.4) is 0 Å². The fourth-order valence-corrected chi connectivity index (χ4v) is 1.03. The smallest absolute Gasteiger partial charge is 0.376 e. The normalized spacial score (nSPS) is 11.6. The van der Waals surface area contributed by atoms with Crippen molar-refractivity contribution >= 4 is 17.7 Å². The number of anilines is 1. The van der Waals surface area contributed by atoms with Gasteiger partial charge in [0.25, 0.3) is 0 Å². The predicted molar refractivity (Wildman–Crippen MR) is 60.3 cm³/mol. The molecule has 0 bridgehead atoms. The highest BCUT2D eigenvalue weighted by Gasteiger charge is 2.13. The van der Waals surface area contributed by atoms with Gasteiger partial charge in [0.15, 0.2) is 0 Å². The van der Waals surface area contributed by atoms with Gasteiger partial charge in [-0.3, -0.25) is 4.79 Å². The van der Waals surface area contributed by atoms with Crippen molar-refractivity contribution in [3.8, 4) is 0 Å². The largest absolute Gasteiger partial charge is 0.460 e. The first-order valence-corrected chi connectivity index (χ1v) is 5.10. The lowest BCUT2D eigenvalue weighted by Crippen LogP contribution is -2.32.